The zero-order valence-electron chi connectivity index (χ0n) is 15.9. The molecular formula is C21H30N2O2. The number of anilines is 1. The van der Waals surface area contributed by atoms with Crippen LogP contribution in [0.15, 0.2) is 30.3 Å². The largest absolute Gasteiger partial charge is 0.465 e. The van der Waals surface area contributed by atoms with Crippen LogP contribution in [0.5, 0.6) is 0 Å². The standard InChI is InChI=1S/C21H30N2O2/c1-20(2)13-16(14-21(3,4)15-20)17-7-5-6-8-18(17)22-9-11-23(12-10-22)19(24)25/h5-8,13H,9-12,14-15H2,1-4H3,(H,24,25). The first-order chi connectivity index (χ1) is 11.7. The molecule has 0 spiro atoms. The summed E-state index contributed by atoms with van der Waals surface area (Å²) in [4.78, 5) is 15.0. The second-order valence-electron chi connectivity index (χ2n) is 8.95. The lowest BCUT2D eigenvalue weighted by atomic mass is 9.65. The molecule has 0 unspecified atom stereocenters. The predicted octanol–water partition coefficient (Wildman–Crippen LogP) is 4.72. The van der Waals surface area contributed by atoms with Crippen LogP contribution in [0.25, 0.3) is 5.57 Å². The maximum atomic E-state index is 11.2. The number of carboxylic acid groups (broad SMARTS) is 1. The number of piperazine rings is 1. The van der Waals surface area contributed by atoms with Gasteiger partial charge in [-0.3, -0.25) is 0 Å². The van der Waals surface area contributed by atoms with Crippen molar-refractivity contribution >= 4 is 17.4 Å². The first kappa shape index (κ1) is 17.8. The van der Waals surface area contributed by atoms with E-state index in [0.29, 0.717) is 18.5 Å². The van der Waals surface area contributed by atoms with Gasteiger partial charge in [0.05, 0.1) is 0 Å². The molecule has 1 aromatic rings. The van der Waals surface area contributed by atoms with Crippen molar-refractivity contribution in [1.82, 2.24) is 4.90 Å². The number of rotatable bonds is 2. The molecule has 0 saturated carbocycles. The number of carbonyl (C=O) groups is 1. The Morgan fingerprint density at radius 2 is 1.68 bits per heavy atom. The zero-order chi connectivity index (χ0) is 18.2. The number of amides is 1. The van der Waals surface area contributed by atoms with Gasteiger partial charge in [0.15, 0.2) is 0 Å². The van der Waals surface area contributed by atoms with Crippen LogP contribution < -0.4 is 4.90 Å². The van der Waals surface area contributed by atoms with E-state index in [1.807, 2.05) is 0 Å². The van der Waals surface area contributed by atoms with E-state index in [1.165, 1.54) is 28.1 Å². The van der Waals surface area contributed by atoms with E-state index in [2.05, 4.69) is 62.9 Å². The van der Waals surface area contributed by atoms with Crippen LogP contribution in [0.3, 0.4) is 0 Å². The predicted molar refractivity (Wildman–Crippen MR) is 103 cm³/mol. The van der Waals surface area contributed by atoms with E-state index < -0.39 is 6.09 Å². The molecule has 0 radical (unpaired) electrons. The van der Waals surface area contributed by atoms with Crippen molar-refractivity contribution in [2.75, 3.05) is 31.1 Å². The normalized spacial score (nSPS) is 22.5. The van der Waals surface area contributed by atoms with Gasteiger partial charge >= 0.3 is 6.09 Å². The third kappa shape index (κ3) is 4.00. The second kappa shape index (κ2) is 6.40. The summed E-state index contributed by atoms with van der Waals surface area (Å²) in [6.45, 7) is 12.0. The van der Waals surface area contributed by atoms with Crippen molar-refractivity contribution in [2.45, 2.75) is 40.5 Å². The molecule has 2 aliphatic rings. The lowest BCUT2D eigenvalue weighted by Crippen LogP contribution is -2.48. The Morgan fingerprint density at radius 3 is 2.28 bits per heavy atom. The fraction of sp³-hybridized carbons (Fsp3) is 0.571. The van der Waals surface area contributed by atoms with Gasteiger partial charge in [0.2, 0.25) is 0 Å². The summed E-state index contributed by atoms with van der Waals surface area (Å²) in [6.07, 6.45) is 3.92. The molecule has 1 saturated heterocycles. The third-order valence-corrected chi connectivity index (χ3v) is 5.31. The molecule has 0 aromatic heterocycles. The Hall–Kier alpha value is -1.97. The Bertz CT molecular complexity index is 683. The number of nitrogens with zero attached hydrogens (tertiary/aromatic N) is 2. The highest BCUT2D eigenvalue weighted by molar-refractivity contribution is 5.78. The first-order valence-corrected chi connectivity index (χ1v) is 9.21. The Morgan fingerprint density at radius 1 is 1.04 bits per heavy atom. The minimum atomic E-state index is -0.813. The van der Waals surface area contributed by atoms with Crippen LogP contribution in [0.4, 0.5) is 10.5 Å². The molecular weight excluding hydrogens is 312 g/mol. The van der Waals surface area contributed by atoms with E-state index in [9.17, 15) is 4.79 Å². The highest BCUT2D eigenvalue weighted by Gasteiger charge is 2.34. The summed E-state index contributed by atoms with van der Waals surface area (Å²) >= 11 is 0. The number of allylic oxidation sites excluding steroid dienone is 2. The Kier molecular flexibility index (Phi) is 4.56. The van der Waals surface area contributed by atoms with Crippen LogP contribution in [0.2, 0.25) is 0 Å². The maximum absolute atomic E-state index is 11.2. The van der Waals surface area contributed by atoms with E-state index in [1.54, 1.807) is 0 Å². The quantitative estimate of drug-likeness (QED) is 0.846. The molecule has 1 amide bonds. The topological polar surface area (TPSA) is 43.8 Å². The lowest BCUT2D eigenvalue weighted by molar-refractivity contribution is 0.142. The van der Waals surface area contributed by atoms with Crippen LogP contribution in [-0.2, 0) is 0 Å². The van der Waals surface area contributed by atoms with Gasteiger partial charge in [0, 0.05) is 37.4 Å². The molecule has 1 aliphatic heterocycles. The number of para-hydroxylation sites is 1. The molecule has 1 aromatic carbocycles. The van der Waals surface area contributed by atoms with Crippen LogP contribution in [-0.4, -0.2) is 42.3 Å². The molecule has 0 bridgehead atoms. The summed E-state index contributed by atoms with van der Waals surface area (Å²) in [6, 6.07) is 8.60. The van der Waals surface area contributed by atoms with E-state index in [0.717, 1.165) is 19.5 Å². The van der Waals surface area contributed by atoms with Crippen LogP contribution >= 0.6 is 0 Å². The smallest absolute Gasteiger partial charge is 0.407 e. The van der Waals surface area contributed by atoms with Gasteiger partial charge in [-0.25, -0.2) is 4.79 Å². The van der Waals surface area contributed by atoms with Crippen LogP contribution in [0.1, 0.15) is 46.1 Å². The van der Waals surface area contributed by atoms with E-state index in [-0.39, 0.29) is 5.41 Å². The lowest BCUT2D eigenvalue weighted by Gasteiger charge is -2.41. The van der Waals surface area contributed by atoms with Gasteiger partial charge in [-0.2, -0.15) is 0 Å². The third-order valence-electron chi connectivity index (χ3n) is 5.31. The van der Waals surface area contributed by atoms with Gasteiger partial charge in [-0.05, 0) is 35.3 Å². The van der Waals surface area contributed by atoms with Gasteiger partial charge in [-0.15, -0.1) is 0 Å². The summed E-state index contributed by atoms with van der Waals surface area (Å²) in [5.41, 5.74) is 4.48. The molecule has 3 rings (SSSR count). The first-order valence-electron chi connectivity index (χ1n) is 9.21. The molecule has 1 heterocycles. The molecule has 1 N–H and O–H groups in total. The molecule has 1 fully saturated rings. The van der Waals surface area contributed by atoms with Gasteiger partial charge in [0.25, 0.3) is 0 Å². The van der Waals surface area contributed by atoms with Crippen molar-refractivity contribution in [3.05, 3.63) is 35.9 Å². The van der Waals surface area contributed by atoms with Crippen molar-refractivity contribution in [2.24, 2.45) is 10.8 Å². The van der Waals surface area contributed by atoms with E-state index in [4.69, 9.17) is 5.11 Å². The molecule has 0 atom stereocenters. The Balaban J connectivity index is 1.90. The van der Waals surface area contributed by atoms with Crippen LogP contribution in [0, 0.1) is 10.8 Å². The number of hydrogen-bond donors (Lipinski definition) is 1. The maximum Gasteiger partial charge on any atom is 0.407 e. The van der Waals surface area contributed by atoms with Crippen molar-refractivity contribution in [3.8, 4) is 0 Å². The van der Waals surface area contributed by atoms with E-state index >= 15 is 0 Å². The van der Waals surface area contributed by atoms with Crippen molar-refractivity contribution < 1.29 is 9.90 Å². The average molecular weight is 342 g/mol. The van der Waals surface area contributed by atoms with Gasteiger partial charge < -0.3 is 14.9 Å². The minimum absolute atomic E-state index is 0.201. The molecule has 4 heteroatoms. The summed E-state index contributed by atoms with van der Waals surface area (Å²) in [5, 5.41) is 9.17. The molecule has 25 heavy (non-hydrogen) atoms. The average Bonchev–Trinajstić information content (AvgIpc) is 2.52. The second-order valence-corrected chi connectivity index (χ2v) is 8.95. The van der Waals surface area contributed by atoms with Gasteiger partial charge in [0.1, 0.15) is 0 Å². The number of benzene rings is 1. The molecule has 4 nitrogen and oxygen atoms in total. The fourth-order valence-electron chi connectivity index (χ4n) is 4.72. The van der Waals surface area contributed by atoms with Gasteiger partial charge in [-0.1, -0.05) is 52.0 Å². The Labute approximate surface area is 151 Å². The highest BCUT2D eigenvalue weighted by Crippen LogP contribution is 2.48. The van der Waals surface area contributed by atoms with Crippen molar-refractivity contribution in [3.63, 3.8) is 0 Å². The summed E-state index contributed by atoms with van der Waals surface area (Å²) < 4.78 is 0. The number of hydrogen-bond acceptors (Lipinski definition) is 2. The summed E-state index contributed by atoms with van der Waals surface area (Å²) in [7, 11) is 0. The highest BCUT2D eigenvalue weighted by atomic mass is 16.4. The summed E-state index contributed by atoms with van der Waals surface area (Å²) in [5.74, 6) is 0. The van der Waals surface area contributed by atoms with Crippen molar-refractivity contribution in [1.29, 1.82) is 0 Å². The minimum Gasteiger partial charge on any atom is -0.465 e. The fourth-order valence-corrected chi connectivity index (χ4v) is 4.72. The molecule has 1 aliphatic carbocycles. The molecule has 136 valence electrons. The SMILES string of the molecule is CC1(C)C=C(c2ccccc2N2CCN(C(=O)O)CC2)CC(C)(C)C1. The zero-order valence-corrected chi connectivity index (χ0v) is 15.9. The monoisotopic (exact) mass is 342 g/mol.